The minimum Gasteiger partial charge on any atom is -0.460 e. The van der Waals surface area contributed by atoms with Crippen LogP contribution in [-0.4, -0.2) is 16.8 Å². The van der Waals surface area contributed by atoms with Crippen LogP contribution in [0.15, 0.2) is 24.3 Å². The Morgan fingerprint density at radius 1 is 1.18 bits per heavy atom. The normalized spacial score (nSPS) is 11.1. The summed E-state index contributed by atoms with van der Waals surface area (Å²) in [6, 6.07) is 6.57. The van der Waals surface area contributed by atoms with Crippen LogP contribution in [0.4, 0.5) is 0 Å². The summed E-state index contributed by atoms with van der Waals surface area (Å²) >= 11 is 5.32. The molecule has 0 atom stereocenters. The lowest BCUT2D eigenvalue weighted by atomic mass is 10.1. The van der Waals surface area contributed by atoms with Crippen molar-refractivity contribution in [2.75, 3.05) is 0 Å². The highest BCUT2D eigenvalue weighted by molar-refractivity contribution is 6.67. The number of carbonyl (C=O) groups is 2. The van der Waals surface area contributed by atoms with E-state index in [0.717, 1.165) is 5.56 Å². The highest BCUT2D eigenvalue weighted by atomic mass is 35.5. The summed E-state index contributed by atoms with van der Waals surface area (Å²) in [6.45, 7) is 5.46. The van der Waals surface area contributed by atoms with E-state index in [-0.39, 0.29) is 12.4 Å². The van der Waals surface area contributed by atoms with E-state index in [2.05, 4.69) is 0 Å². The average molecular weight is 255 g/mol. The summed E-state index contributed by atoms with van der Waals surface area (Å²) in [5, 5.41) is -0.506. The van der Waals surface area contributed by atoms with Crippen molar-refractivity contribution in [2.45, 2.75) is 32.8 Å². The molecular formula is C13H15ClO3. The number of hydrogen-bond donors (Lipinski definition) is 0. The standard InChI is InChI=1S/C13H15ClO3/c1-13(2,3)17-11(15)8-9-4-6-10(7-5-9)12(14)16/h4-7H,8H2,1-3H3. The van der Waals surface area contributed by atoms with Gasteiger partial charge < -0.3 is 4.74 Å². The zero-order valence-corrected chi connectivity index (χ0v) is 10.9. The van der Waals surface area contributed by atoms with E-state index in [4.69, 9.17) is 16.3 Å². The second-order valence-electron chi connectivity index (χ2n) is 4.73. The van der Waals surface area contributed by atoms with Crippen molar-refractivity contribution >= 4 is 22.8 Å². The molecule has 1 rings (SSSR count). The molecule has 0 amide bonds. The highest BCUT2D eigenvalue weighted by Gasteiger charge is 2.16. The van der Waals surface area contributed by atoms with Crippen molar-refractivity contribution in [1.82, 2.24) is 0 Å². The fourth-order valence-corrected chi connectivity index (χ4v) is 1.42. The van der Waals surface area contributed by atoms with E-state index >= 15 is 0 Å². The maximum Gasteiger partial charge on any atom is 0.310 e. The minimum absolute atomic E-state index is 0.189. The van der Waals surface area contributed by atoms with Gasteiger partial charge in [-0.2, -0.15) is 0 Å². The first-order chi connectivity index (χ1) is 7.78. The summed E-state index contributed by atoms with van der Waals surface area (Å²) in [6.07, 6.45) is 0.189. The molecule has 1 aromatic rings. The molecule has 0 saturated heterocycles. The van der Waals surface area contributed by atoms with Gasteiger partial charge in [0.15, 0.2) is 0 Å². The molecule has 4 heteroatoms. The number of halogens is 1. The van der Waals surface area contributed by atoms with Crippen LogP contribution >= 0.6 is 11.6 Å². The van der Waals surface area contributed by atoms with Crippen LogP contribution in [0.1, 0.15) is 36.7 Å². The second kappa shape index (κ2) is 5.32. The highest BCUT2D eigenvalue weighted by Crippen LogP contribution is 2.11. The van der Waals surface area contributed by atoms with Crippen molar-refractivity contribution in [3.8, 4) is 0 Å². The number of esters is 1. The Morgan fingerprint density at radius 3 is 2.12 bits per heavy atom. The molecule has 0 bridgehead atoms. The van der Waals surface area contributed by atoms with Gasteiger partial charge >= 0.3 is 5.97 Å². The van der Waals surface area contributed by atoms with Gasteiger partial charge in [0.2, 0.25) is 0 Å². The van der Waals surface area contributed by atoms with E-state index in [1.54, 1.807) is 24.3 Å². The van der Waals surface area contributed by atoms with Gasteiger partial charge in [0.1, 0.15) is 5.60 Å². The number of hydrogen-bond acceptors (Lipinski definition) is 3. The Labute approximate surface area is 106 Å². The fourth-order valence-electron chi connectivity index (χ4n) is 1.30. The molecular weight excluding hydrogens is 240 g/mol. The molecule has 17 heavy (non-hydrogen) atoms. The van der Waals surface area contributed by atoms with Crippen molar-refractivity contribution in [2.24, 2.45) is 0 Å². The maximum atomic E-state index is 11.5. The summed E-state index contributed by atoms with van der Waals surface area (Å²) in [5.74, 6) is -0.289. The molecule has 1 aromatic carbocycles. The first-order valence-electron chi connectivity index (χ1n) is 5.28. The van der Waals surface area contributed by atoms with Crippen LogP contribution in [0.3, 0.4) is 0 Å². The molecule has 3 nitrogen and oxygen atoms in total. The molecule has 0 aromatic heterocycles. The Hall–Kier alpha value is -1.35. The fraction of sp³-hybridized carbons (Fsp3) is 0.385. The number of carbonyl (C=O) groups excluding carboxylic acids is 2. The van der Waals surface area contributed by atoms with Crippen LogP contribution in [0, 0.1) is 0 Å². The third-order valence-corrected chi connectivity index (χ3v) is 2.17. The third kappa shape index (κ3) is 5.00. The molecule has 0 heterocycles. The van der Waals surface area contributed by atoms with Crippen LogP contribution in [-0.2, 0) is 16.0 Å². The quantitative estimate of drug-likeness (QED) is 0.615. The Kier molecular flexibility index (Phi) is 4.29. The van der Waals surface area contributed by atoms with Crippen molar-refractivity contribution in [3.63, 3.8) is 0 Å². The van der Waals surface area contributed by atoms with Crippen LogP contribution in [0.2, 0.25) is 0 Å². The van der Waals surface area contributed by atoms with Crippen molar-refractivity contribution in [1.29, 1.82) is 0 Å². The summed E-state index contributed by atoms with van der Waals surface area (Å²) in [7, 11) is 0. The van der Waals surface area contributed by atoms with Gasteiger partial charge in [-0.3, -0.25) is 9.59 Å². The van der Waals surface area contributed by atoms with E-state index in [9.17, 15) is 9.59 Å². The van der Waals surface area contributed by atoms with E-state index in [0.29, 0.717) is 5.56 Å². The van der Waals surface area contributed by atoms with E-state index < -0.39 is 10.8 Å². The molecule has 0 aliphatic carbocycles. The SMILES string of the molecule is CC(C)(C)OC(=O)Cc1ccc(C(=O)Cl)cc1. The zero-order valence-electron chi connectivity index (χ0n) is 10.1. The minimum atomic E-state index is -0.506. The maximum absolute atomic E-state index is 11.5. The first kappa shape index (κ1) is 13.7. The number of ether oxygens (including phenoxy) is 1. The lowest BCUT2D eigenvalue weighted by molar-refractivity contribution is -0.153. The zero-order chi connectivity index (χ0) is 13.1. The molecule has 92 valence electrons. The van der Waals surface area contributed by atoms with Gasteiger partial charge in [-0.15, -0.1) is 0 Å². The lowest BCUT2D eigenvalue weighted by Crippen LogP contribution is -2.24. The lowest BCUT2D eigenvalue weighted by Gasteiger charge is -2.19. The summed E-state index contributed by atoms with van der Waals surface area (Å²) < 4.78 is 5.19. The molecule has 0 spiro atoms. The van der Waals surface area contributed by atoms with Gasteiger partial charge in [-0.05, 0) is 50.1 Å². The largest absolute Gasteiger partial charge is 0.460 e. The topological polar surface area (TPSA) is 43.4 Å². The Balaban J connectivity index is 2.64. The molecule has 0 radical (unpaired) electrons. The Morgan fingerprint density at radius 2 is 1.71 bits per heavy atom. The van der Waals surface area contributed by atoms with Gasteiger partial charge in [0.05, 0.1) is 6.42 Å². The van der Waals surface area contributed by atoms with Crippen LogP contribution in [0.25, 0.3) is 0 Å². The van der Waals surface area contributed by atoms with Crippen molar-refractivity contribution in [3.05, 3.63) is 35.4 Å². The van der Waals surface area contributed by atoms with Gasteiger partial charge in [-0.1, -0.05) is 12.1 Å². The molecule has 0 unspecified atom stereocenters. The molecule has 0 fully saturated rings. The smallest absolute Gasteiger partial charge is 0.310 e. The van der Waals surface area contributed by atoms with Gasteiger partial charge in [0, 0.05) is 5.56 Å². The van der Waals surface area contributed by atoms with E-state index in [1.807, 2.05) is 20.8 Å². The predicted octanol–water partition coefficient (Wildman–Crippen LogP) is 2.95. The Bertz CT molecular complexity index is 415. The van der Waals surface area contributed by atoms with Crippen LogP contribution < -0.4 is 0 Å². The van der Waals surface area contributed by atoms with Gasteiger partial charge in [-0.25, -0.2) is 0 Å². The van der Waals surface area contributed by atoms with Crippen molar-refractivity contribution < 1.29 is 14.3 Å². The van der Waals surface area contributed by atoms with Crippen LogP contribution in [0.5, 0.6) is 0 Å². The summed E-state index contributed by atoms with van der Waals surface area (Å²) in [4.78, 5) is 22.4. The monoisotopic (exact) mass is 254 g/mol. The summed E-state index contributed by atoms with van der Waals surface area (Å²) in [5.41, 5.74) is 0.726. The van der Waals surface area contributed by atoms with Gasteiger partial charge in [0.25, 0.3) is 5.24 Å². The first-order valence-corrected chi connectivity index (χ1v) is 5.66. The predicted molar refractivity (Wildman–Crippen MR) is 66.2 cm³/mol. The average Bonchev–Trinajstić information content (AvgIpc) is 2.15. The molecule has 0 N–H and O–H groups in total. The molecule has 0 aliphatic heterocycles. The third-order valence-electron chi connectivity index (χ3n) is 1.95. The molecule has 0 aliphatic rings. The molecule has 0 saturated carbocycles. The second-order valence-corrected chi connectivity index (χ2v) is 5.08. The number of benzene rings is 1. The number of rotatable bonds is 3. The van der Waals surface area contributed by atoms with E-state index in [1.165, 1.54) is 0 Å².